The first kappa shape index (κ1) is 26.5. The summed E-state index contributed by atoms with van der Waals surface area (Å²) in [5.74, 6) is 0.638. The van der Waals surface area contributed by atoms with Gasteiger partial charge in [0.15, 0.2) is 5.96 Å². The Morgan fingerprint density at radius 1 is 1.20 bits per heavy atom. The summed E-state index contributed by atoms with van der Waals surface area (Å²) < 4.78 is 27.0. The van der Waals surface area contributed by atoms with Gasteiger partial charge in [-0.05, 0) is 38.9 Å². The molecule has 0 aromatic heterocycles. The zero-order chi connectivity index (χ0) is 21.1. The zero-order valence-corrected chi connectivity index (χ0v) is 20.3. The van der Waals surface area contributed by atoms with Crippen LogP contribution in [0.3, 0.4) is 0 Å². The average molecular weight is 554 g/mol. The first-order valence-electron chi connectivity index (χ1n) is 9.91. The number of non-ortho nitro benzene ring substituents is 1. The molecule has 2 rings (SSSR count). The third-order valence-corrected chi connectivity index (χ3v) is 5.98. The molecule has 30 heavy (non-hydrogen) atoms. The van der Waals surface area contributed by atoms with Gasteiger partial charge in [0.25, 0.3) is 5.69 Å². The van der Waals surface area contributed by atoms with Crippen LogP contribution in [0.15, 0.2) is 34.2 Å². The largest absolute Gasteiger partial charge is 0.357 e. The van der Waals surface area contributed by atoms with Crippen LogP contribution in [0.25, 0.3) is 0 Å². The lowest BCUT2D eigenvalue weighted by atomic mass is 10.1. The van der Waals surface area contributed by atoms with Gasteiger partial charge in [0, 0.05) is 38.3 Å². The number of hydrogen-bond donors (Lipinski definition) is 3. The second kappa shape index (κ2) is 13.7. The highest BCUT2D eigenvalue weighted by molar-refractivity contribution is 14.0. The summed E-state index contributed by atoms with van der Waals surface area (Å²) in [5.41, 5.74) is -0.266. The minimum absolute atomic E-state index is 0. The van der Waals surface area contributed by atoms with Crippen LogP contribution in [0.1, 0.15) is 26.2 Å². The topological polar surface area (TPSA) is 129 Å². The fourth-order valence-corrected chi connectivity index (χ4v) is 4.11. The van der Waals surface area contributed by atoms with Gasteiger partial charge >= 0.3 is 0 Å². The number of nitro groups is 1. The molecule has 1 heterocycles. The predicted octanol–water partition coefficient (Wildman–Crippen LogP) is 1.53. The van der Waals surface area contributed by atoms with E-state index in [-0.39, 0.29) is 47.6 Å². The maximum Gasteiger partial charge on any atom is 0.270 e. The van der Waals surface area contributed by atoms with Crippen molar-refractivity contribution in [3.8, 4) is 0 Å². The van der Waals surface area contributed by atoms with Crippen LogP contribution in [-0.4, -0.2) is 70.0 Å². The molecule has 0 radical (unpaired) electrons. The van der Waals surface area contributed by atoms with Gasteiger partial charge in [0.2, 0.25) is 10.0 Å². The molecular formula is C18H31IN6O4S. The van der Waals surface area contributed by atoms with Crippen LogP contribution in [-0.2, 0) is 10.0 Å². The monoisotopic (exact) mass is 554 g/mol. The van der Waals surface area contributed by atoms with E-state index in [1.54, 1.807) is 0 Å². The summed E-state index contributed by atoms with van der Waals surface area (Å²) in [6, 6.07) is 4.96. The Bertz CT molecular complexity index is 800. The minimum Gasteiger partial charge on any atom is -0.357 e. The van der Waals surface area contributed by atoms with Crippen LogP contribution >= 0.6 is 24.0 Å². The molecule has 1 aliphatic heterocycles. The number of piperidine rings is 1. The molecule has 0 atom stereocenters. The summed E-state index contributed by atoms with van der Waals surface area (Å²) in [4.78, 5) is 16.9. The molecule has 0 amide bonds. The molecule has 3 N–H and O–H groups in total. The predicted molar refractivity (Wildman–Crippen MR) is 128 cm³/mol. The molecule has 1 saturated heterocycles. The van der Waals surface area contributed by atoms with Crippen molar-refractivity contribution in [2.45, 2.75) is 31.1 Å². The van der Waals surface area contributed by atoms with Gasteiger partial charge in [-0.15, -0.1) is 24.0 Å². The summed E-state index contributed by atoms with van der Waals surface area (Å²) in [6.07, 6.45) is 3.80. The van der Waals surface area contributed by atoms with E-state index in [0.29, 0.717) is 12.5 Å². The number of sulfonamides is 1. The number of aliphatic imine (C=N–C) groups is 1. The summed E-state index contributed by atoms with van der Waals surface area (Å²) in [5, 5.41) is 17.2. The fourth-order valence-electron chi connectivity index (χ4n) is 3.05. The Morgan fingerprint density at radius 3 is 2.60 bits per heavy atom. The number of benzene rings is 1. The smallest absolute Gasteiger partial charge is 0.270 e. The van der Waals surface area contributed by atoms with Crippen molar-refractivity contribution < 1.29 is 13.3 Å². The number of nitrogens with zero attached hydrogens (tertiary/aromatic N) is 3. The molecule has 0 aliphatic carbocycles. The molecular weight excluding hydrogens is 523 g/mol. The highest BCUT2D eigenvalue weighted by atomic mass is 127. The van der Waals surface area contributed by atoms with Gasteiger partial charge in [-0.3, -0.25) is 15.1 Å². The maximum absolute atomic E-state index is 12.3. The average Bonchev–Trinajstić information content (AvgIpc) is 2.72. The lowest BCUT2D eigenvalue weighted by molar-refractivity contribution is -0.385. The Balaban J connectivity index is 0.00000450. The fraction of sp³-hybridized carbons (Fsp3) is 0.611. The summed E-state index contributed by atoms with van der Waals surface area (Å²) in [7, 11) is -3.83. The third kappa shape index (κ3) is 9.10. The van der Waals surface area contributed by atoms with Gasteiger partial charge in [0.1, 0.15) is 0 Å². The van der Waals surface area contributed by atoms with Gasteiger partial charge in [-0.1, -0.05) is 12.5 Å². The number of rotatable bonds is 10. The first-order valence-corrected chi connectivity index (χ1v) is 11.4. The normalized spacial score (nSPS) is 15.3. The van der Waals surface area contributed by atoms with Crippen molar-refractivity contribution in [1.29, 1.82) is 0 Å². The van der Waals surface area contributed by atoms with Gasteiger partial charge in [0.05, 0.1) is 16.4 Å². The third-order valence-electron chi connectivity index (χ3n) is 4.53. The number of halogens is 1. The molecule has 1 aromatic carbocycles. The second-order valence-corrected chi connectivity index (χ2v) is 8.51. The quantitative estimate of drug-likeness (QED) is 0.1000. The molecule has 1 aliphatic rings. The van der Waals surface area contributed by atoms with E-state index in [9.17, 15) is 18.5 Å². The van der Waals surface area contributed by atoms with Crippen molar-refractivity contribution in [1.82, 2.24) is 20.3 Å². The van der Waals surface area contributed by atoms with E-state index in [4.69, 9.17) is 0 Å². The van der Waals surface area contributed by atoms with Crippen molar-refractivity contribution >= 4 is 45.6 Å². The molecule has 0 unspecified atom stereocenters. The summed E-state index contributed by atoms with van der Waals surface area (Å²) in [6.45, 7) is 6.99. The second-order valence-electron chi connectivity index (χ2n) is 6.74. The van der Waals surface area contributed by atoms with Crippen molar-refractivity contribution in [2.75, 3.05) is 45.8 Å². The molecule has 0 bridgehead atoms. The SMILES string of the molecule is CCNC(=NCCNS(=O)(=O)c1cccc([N+](=O)[O-])c1)NCCN1CCCCC1.I. The first-order chi connectivity index (χ1) is 13.9. The number of nitrogens with one attached hydrogen (secondary N) is 3. The van der Waals surface area contributed by atoms with E-state index in [0.717, 1.165) is 32.2 Å². The molecule has 170 valence electrons. The lowest BCUT2D eigenvalue weighted by Crippen LogP contribution is -2.43. The number of hydrogen-bond acceptors (Lipinski definition) is 6. The summed E-state index contributed by atoms with van der Waals surface area (Å²) >= 11 is 0. The minimum atomic E-state index is -3.83. The van der Waals surface area contributed by atoms with Gasteiger partial charge < -0.3 is 15.5 Å². The zero-order valence-electron chi connectivity index (χ0n) is 17.2. The highest BCUT2D eigenvalue weighted by Crippen LogP contribution is 2.16. The Hall–Kier alpha value is -1.51. The lowest BCUT2D eigenvalue weighted by Gasteiger charge is -2.26. The van der Waals surface area contributed by atoms with Gasteiger partial charge in [-0.2, -0.15) is 0 Å². The molecule has 1 aromatic rings. The van der Waals surface area contributed by atoms with Crippen LogP contribution in [0, 0.1) is 10.1 Å². The highest BCUT2D eigenvalue weighted by Gasteiger charge is 2.17. The molecule has 1 fully saturated rings. The molecule has 10 nitrogen and oxygen atoms in total. The Labute approximate surface area is 195 Å². The van der Waals surface area contributed by atoms with E-state index in [2.05, 4.69) is 25.2 Å². The van der Waals surface area contributed by atoms with Gasteiger partial charge in [-0.25, -0.2) is 13.1 Å². The standard InChI is InChI=1S/C18H30N6O4S.HI/c1-2-19-18(21-11-14-23-12-4-3-5-13-23)20-9-10-22-29(27,28)17-8-6-7-16(15-17)24(25)26;/h6-8,15,22H,2-5,9-14H2,1H3,(H2,19,20,21);1H. The molecule has 0 saturated carbocycles. The van der Waals surface area contributed by atoms with Crippen LogP contribution in [0.2, 0.25) is 0 Å². The number of guanidine groups is 1. The van der Waals surface area contributed by atoms with Crippen molar-refractivity contribution in [2.24, 2.45) is 4.99 Å². The van der Waals surface area contributed by atoms with Crippen LogP contribution < -0.4 is 15.4 Å². The molecule has 0 spiro atoms. The van der Waals surface area contributed by atoms with Crippen LogP contribution in [0.4, 0.5) is 5.69 Å². The van der Waals surface area contributed by atoms with Crippen molar-refractivity contribution in [3.05, 3.63) is 34.4 Å². The van der Waals surface area contributed by atoms with E-state index >= 15 is 0 Å². The molecule has 12 heteroatoms. The number of likely N-dealkylation sites (tertiary alicyclic amines) is 1. The Kier molecular flexibility index (Phi) is 12.1. The van der Waals surface area contributed by atoms with E-state index in [1.807, 2.05) is 6.92 Å². The number of nitro benzene ring substituents is 1. The maximum atomic E-state index is 12.3. The van der Waals surface area contributed by atoms with E-state index in [1.165, 1.54) is 37.5 Å². The van der Waals surface area contributed by atoms with E-state index < -0.39 is 14.9 Å². The Morgan fingerprint density at radius 2 is 1.93 bits per heavy atom. The van der Waals surface area contributed by atoms with Crippen molar-refractivity contribution in [3.63, 3.8) is 0 Å². The van der Waals surface area contributed by atoms with Crippen LogP contribution in [0.5, 0.6) is 0 Å².